The quantitative estimate of drug-likeness (QED) is 0.644. The highest BCUT2D eigenvalue weighted by Gasteiger charge is 2.18. The minimum absolute atomic E-state index is 0.373. The molecule has 0 radical (unpaired) electrons. The Hall–Kier alpha value is -0.890. The number of halogens is 1. The van der Waals surface area contributed by atoms with Gasteiger partial charge in [0.05, 0.1) is 0 Å². The molecule has 2 heteroatoms. The molecule has 1 aliphatic rings. The standard InChI is InChI=1S/C13H20FN/c1-4-12(6-5-11(2)14)13-7-9-15(3)10-8-13/h4-6,13H,2,7-10H2,1,3H3/b6-5-,12-4+. The summed E-state index contributed by atoms with van der Waals surface area (Å²) < 4.78 is 12.5. The van der Waals surface area contributed by atoms with Gasteiger partial charge in [-0.25, -0.2) is 4.39 Å². The molecule has 0 spiro atoms. The van der Waals surface area contributed by atoms with Crippen molar-refractivity contribution in [1.82, 2.24) is 4.90 Å². The monoisotopic (exact) mass is 209 g/mol. The molecular formula is C13H20FN. The zero-order valence-corrected chi connectivity index (χ0v) is 9.67. The van der Waals surface area contributed by atoms with Crippen LogP contribution in [0.3, 0.4) is 0 Å². The largest absolute Gasteiger partial charge is 0.306 e. The first-order chi connectivity index (χ1) is 7.13. The number of likely N-dealkylation sites (tertiary alicyclic amines) is 1. The molecule has 1 aliphatic heterocycles. The van der Waals surface area contributed by atoms with Crippen molar-refractivity contribution in [3.05, 3.63) is 36.2 Å². The lowest BCUT2D eigenvalue weighted by atomic mass is 9.89. The van der Waals surface area contributed by atoms with E-state index >= 15 is 0 Å². The minimum atomic E-state index is -0.373. The normalized spacial score (nSPS) is 21.1. The van der Waals surface area contributed by atoms with Crippen LogP contribution in [0.5, 0.6) is 0 Å². The lowest BCUT2D eigenvalue weighted by Gasteiger charge is -2.29. The van der Waals surface area contributed by atoms with Crippen molar-refractivity contribution in [3.8, 4) is 0 Å². The predicted molar refractivity (Wildman–Crippen MR) is 63.4 cm³/mol. The summed E-state index contributed by atoms with van der Waals surface area (Å²) in [6, 6.07) is 0. The fraction of sp³-hybridized carbons (Fsp3) is 0.538. The van der Waals surface area contributed by atoms with Gasteiger partial charge in [-0.15, -0.1) is 0 Å². The third-order valence-corrected chi connectivity index (χ3v) is 2.98. The highest BCUT2D eigenvalue weighted by Crippen LogP contribution is 2.25. The van der Waals surface area contributed by atoms with E-state index < -0.39 is 0 Å². The third kappa shape index (κ3) is 4.00. The summed E-state index contributed by atoms with van der Waals surface area (Å²) in [5, 5.41) is 0. The van der Waals surface area contributed by atoms with Gasteiger partial charge in [0.1, 0.15) is 5.83 Å². The Balaban J connectivity index is 2.56. The number of hydrogen-bond acceptors (Lipinski definition) is 1. The molecule has 0 amide bonds. The molecule has 1 heterocycles. The van der Waals surface area contributed by atoms with Gasteiger partial charge >= 0.3 is 0 Å². The molecule has 1 fully saturated rings. The molecule has 0 unspecified atom stereocenters. The number of nitrogens with zero attached hydrogens (tertiary/aromatic N) is 1. The molecule has 1 rings (SSSR count). The Morgan fingerprint density at radius 1 is 1.33 bits per heavy atom. The van der Waals surface area contributed by atoms with Crippen LogP contribution in [0.2, 0.25) is 0 Å². The molecular weight excluding hydrogens is 189 g/mol. The van der Waals surface area contributed by atoms with E-state index in [1.165, 1.54) is 24.5 Å². The molecule has 0 aromatic heterocycles. The minimum Gasteiger partial charge on any atom is -0.306 e. The number of hydrogen-bond donors (Lipinski definition) is 0. The van der Waals surface area contributed by atoms with E-state index in [1.54, 1.807) is 0 Å². The van der Waals surface area contributed by atoms with Crippen LogP contribution in [0, 0.1) is 5.92 Å². The van der Waals surface area contributed by atoms with Crippen LogP contribution in [-0.2, 0) is 0 Å². The van der Waals surface area contributed by atoms with Gasteiger partial charge in [0, 0.05) is 0 Å². The SMILES string of the molecule is C=C(F)/C=C\C(=C/C)C1CCN(C)CC1. The predicted octanol–water partition coefficient (Wildman–Crippen LogP) is 3.31. The summed E-state index contributed by atoms with van der Waals surface area (Å²) in [4.78, 5) is 2.33. The average molecular weight is 209 g/mol. The van der Waals surface area contributed by atoms with Gasteiger partial charge in [0.2, 0.25) is 0 Å². The Morgan fingerprint density at radius 3 is 2.40 bits per heavy atom. The molecule has 0 N–H and O–H groups in total. The van der Waals surface area contributed by atoms with Gasteiger partial charge in [-0.3, -0.25) is 0 Å². The molecule has 15 heavy (non-hydrogen) atoms. The second-order valence-electron chi connectivity index (χ2n) is 4.15. The molecule has 0 bridgehead atoms. The highest BCUT2D eigenvalue weighted by atomic mass is 19.1. The van der Waals surface area contributed by atoms with Crippen LogP contribution >= 0.6 is 0 Å². The fourth-order valence-electron chi connectivity index (χ4n) is 2.00. The summed E-state index contributed by atoms with van der Waals surface area (Å²) in [7, 11) is 2.14. The van der Waals surface area contributed by atoms with Crippen LogP contribution in [-0.4, -0.2) is 25.0 Å². The smallest absolute Gasteiger partial charge is 0.116 e. The van der Waals surface area contributed by atoms with Crippen LogP contribution < -0.4 is 0 Å². The van der Waals surface area contributed by atoms with E-state index in [0.29, 0.717) is 5.92 Å². The maximum atomic E-state index is 12.5. The molecule has 1 nitrogen and oxygen atoms in total. The molecule has 1 saturated heterocycles. The third-order valence-electron chi connectivity index (χ3n) is 2.98. The number of piperidine rings is 1. The Morgan fingerprint density at radius 2 is 1.93 bits per heavy atom. The maximum Gasteiger partial charge on any atom is 0.116 e. The summed E-state index contributed by atoms with van der Waals surface area (Å²) in [5.74, 6) is 0.212. The van der Waals surface area contributed by atoms with Gasteiger partial charge in [0.15, 0.2) is 0 Å². The second kappa shape index (κ2) is 5.86. The molecule has 0 aromatic rings. The first-order valence-corrected chi connectivity index (χ1v) is 5.50. The lowest BCUT2D eigenvalue weighted by molar-refractivity contribution is 0.240. The van der Waals surface area contributed by atoms with E-state index in [0.717, 1.165) is 13.1 Å². The van der Waals surface area contributed by atoms with Crippen LogP contribution in [0.1, 0.15) is 19.8 Å². The van der Waals surface area contributed by atoms with Gasteiger partial charge in [-0.2, -0.15) is 0 Å². The Labute approximate surface area is 92.0 Å². The summed E-state index contributed by atoms with van der Waals surface area (Å²) in [5.41, 5.74) is 1.24. The van der Waals surface area contributed by atoms with E-state index in [-0.39, 0.29) is 5.83 Å². The summed E-state index contributed by atoms with van der Waals surface area (Å²) in [6.45, 7) is 7.51. The average Bonchev–Trinajstić information content (AvgIpc) is 2.21. The van der Waals surface area contributed by atoms with Crippen LogP contribution in [0.15, 0.2) is 36.2 Å². The lowest BCUT2D eigenvalue weighted by Crippen LogP contribution is -2.30. The highest BCUT2D eigenvalue weighted by molar-refractivity contribution is 5.25. The molecule has 84 valence electrons. The van der Waals surface area contributed by atoms with Crippen molar-refractivity contribution in [2.45, 2.75) is 19.8 Å². The second-order valence-corrected chi connectivity index (χ2v) is 4.15. The molecule has 0 aromatic carbocycles. The van der Waals surface area contributed by atoms with Gasteiger partial charge in [0.25, 0.3) is 0 Å². The van der Waals surface area contributed by atoms with Crippen molar-refractivity contribution in [3.63, 3.8) is 0 Å². The molecule has 0 saturated carbocycles. The van der Waals surface area contributed by atoms with Crippen molar-refractivity contribution < 1.29 is 4.39 Å². The van der Waals surface area contributed by atoms with E-state index in [1.807, 2.05) is 13.0 Å². The van der Waals surface area contributed by atoms with Gasteiger partial charge in [-0.05, 0) is 57.5 Å². The zero-order valence-electron chi connectivity index (χ0n) is 9.67. The van der Waals surface area contributed by atoms with Gasteiger partial charge in [-0.1, -0.05) is 18.7 Å². The van der Waals surface area contributed by atoms with Crippen molar-refractivity contribution in [2.75, 3.05) is 20.1 Å². The van der Waals surface area contributed by atoms with Crippen molar-refractivity contribution >= 4 is 0 Å². The van der Waals surface area contributed by atoms with Gasteiger partial charge < -0.3 is 4.90 Å². The number of rotatable bonds is 3. The molecule has 0 atom stereocenters. The van der Waals surface area contributed by atoms with Crippen molar-refractivity contribution in [2.24, 2.45) is 5.92 Å². The van der Waals surface area contributed by atoms with Crippen LogP contribution in [0.25, 0.3) is 0 Å². The number of allylic oxidation sites excluding steroid dienone is 5. The summed E-state index contributed by atoms with van der Waals surface area (Å²) >= 11 is 0. The maximum absolute atomic E-state index is 12.5. The van der Waals surface area contributed by atoms with E-state index in [2.05, 4.69) is 24.6 Å². The van der Waals surface area contributed by atoms with Crippen molar-refractivity contribution in [1.29, 1.82) is 0 Å². The topological polar surface area (TPSA) is 3.24 Å². The fourth-order valence-corrected chi connectivity index (χ4v) is 2.00. The zero-order chi connectivity index (χ0) is 11.3. The first-order valence-electron chi connectivity index (χ1n) is 5.50. The summed E-state index contributed by atoms with van der Waals surface area (Å²) in [6.07, 6.45) is 7.72. The van der Waals surface area contributed by atoms with E-state index in [4.69, 9.17) is 0 Å². The van der Waals surface area contributed by atoms with Crippen LogP contribution in [0.4, 0.5) is 4.39 Å². The Kier molecular flexibility index (Phi) is 4.76. The molecule has 0 aliphatic carbocycles. The van der Waals surface area contributed by atoms with E-state index in [9.17, 15) is 4.39 Å². The first kappa shape index (κ1) is 12.2. The Bertz CT molecular complexity index is 270.